The number of carbonyl (C=O) groups excluding carboxylic acids is 1. The van der Waals surface area contributed by atoms with E-state index in [1.807, 2.05) is 6.07 Å². The number of rotatable bonds is 18. The number of amides is 1. The topological polar surface area (TPSA) is 55.1 Å². The quantitative estimate of drug-likeness (QED) is 0.321. The summed E-state index contributed by atoms with van der Waals surface area (Å²) in [6, 6.07) is 10.7. The highest BCUT2D eigenvalue weighted by molar-refractivity contribution is 5.74. The molecule has 0 heterocycles. The van der Waals surface area contributed by atoms with E-state index in [1.165, 1.54) is 76.2 Å². The third-order valence-corrected chi connectivity index (χ3v) is 5.29. The smallest absolute Gasteiger partial charge is 0.218 e. The maximum atomic E-state index is 11.3. The van der Waals surface area contributed by atoms with Crippen molar-refractivity contribution in [2.24, 2.45) is 5.73 Å². The zero-order valence-electron chi connectivity index (χ0n) is 17.6. The van der Waals surface area contributed by atoms with Gasteiger partial charge in [-0.2, -0.15) is 0 Å². The molecule has 1 atom stereocenters. The first-order valence-electron chi connectivity index (χ1n) is 11.3. The maximum Gasteiger partial charge on any atom is 0.218 e. The summed E-state index contributed by atoms with van der Waals surface area (Å²) in [6.07, 6.45) is 17.4. The Labute approximate surface area is 167 Å². The number of primary amides is 1. The van der Waals surface area contributed by atoms with E-state index in [0.717, 1.165) is 19.4 Å². The van der Waals surface area contributed by atoms with Crippen molar-refractivity contribution in [1.82, 2.24) is 5.32 Å². The second-order valence-corrected chi connectivity index (χ2v) is 7.88. The molecule has 1 aromatic rings. The summed E-state index contributed by atoms with van der Waals surface area (Å²) in [6.45, 7) is 3.17. The molecule has 27 heavy (non-hydrogen) atoms. The fourth-order valence-electron chi connectivity index (χ4n) is 3.64. The van der Waals surface area contributed by atoms with Gasteiger partial charge in [0.05, 0.1) is 0 Å². The summed E-state index contributed by atoms with van der Waals surface area (Å²) in [7, 11) is 0. The van der Waals surface area contributed by atoms with Crippen LogP contribution in [0.2, 0.25) is 0 Å². The lowest BCUT2D eigenvalue weighted by Crippen LogP contribution is -2.34. The third-order valence-electron chi connectivity index (χ3n) is 5.29. The van der Waals surface area contributed by atoms with Crippen LogP contribution in [-0.2, 0) is 11.2 Å². The summed E-state index contributed by atoms with van der Waals surface area (Å²) >= 11 is 0. The molecule has 1 rings (SSSR count). The van der Waals surface area contributed by atoms with Crippen LogP contribution in [0.3, 0.4) is 0 Å². The molecule has 0 radical (unpaired) electrons. The second-order valence-electron chi connectivity index (χ2n) is 7.88. The van der Waals surface area contributed by atoms with Crippen LogP contribution in [0.4, 0.5) is 0 Å². The van der Waals surface area contributed by atoms with Crippen molar-refractivity contribution in [3.8, 4) is 0 Å². The second kappa shape index (κ2) is 16.8. The average Bonchev–Trinajstić information content (AvgIpc) is 2.66. The number of benzene rings is 1. The molecule has 0 fully saturated rings. The molecular weight excluding hydrogens is 332 g/mol. The van der Waals surface area contributed by atoms with Gasteiger partial charge >= 0.3 is 0 Å². The summed E-state index contributed by atoms with van der Waals surface area (Å²) in [5.41, 5.74) is 6.76. The Morgan fingerprint density at radius 3 is 2.00 bits per heavy atom. The van der Waals surface area contributed by atoms with Crippen LogP contribution in [0.25, 0.3) is 0 Å². The van der Waals surface area contributed by atoms with E-state index in [9.17, 15) is 4.79 Å². The van der Waals surface area contributed by atoms with Gasteiger partial charge in [-0.05, 0) is 24.9 Å². The van der Waals surface area contributed by atoms with Crippen molar-refractivity contribution < 1.29 is 4.79 Å². The molecule has 1 aromatic carbocycles. The van der Waals surface area contributed by atoms with Crippen LogP contribution < -0.4 is 11.1 Å². The van der Waals surface area contributed by atoms with E-state index in [-0.39, 0.29) is 11.9 Å². The predicted octanol–water partition coefficient (Wildman–Crippen LogP) is 5.76. The molecule has 0 aromatic heterocycles. The van der Waals surface area contributed by atoms with Crippen LogP contribution in [-0.4, -0.2) is 18.5 Å². The van der Waals surface area contributed by atoms with Gasteiger partial charge in [-0.3, -0.25) is 4.79 Å². The molecule has 0 bridgehead atoms. The summed E-state index contributed by atoms with van der Waals surface area (Å²) in [5.74, 6) is -0.199. The predicted molar refractivity (Wildman–Crippen MR) is 117 cm³/mol. The molecule has 0 spiro atoms. The molecule has 154 valence electrons. The van der Waals surface area contributed by atoms with Gasteiger partial charge in [-0.1, -0.05) is 108 Å². The van der Waals surface area contributed by atoms with E-state index in [0.29, 0.717) is 6.42 Å². The molecule has 0 aliphatic carbocycles. The zero-order valence-corrected chi connectivity index (χ0v) is 17.6. The summed E-state index contributed by atoms with van der Waals surface area (Å²) < 4.78 is 0. The molecule has 0 aliphatic rings. The Bertz CT molecular complexity index is 461. The zero-order chi connectivity index (χ0) is 19.6. The van der Waals surface area contributed by atoms with Crippen molar-refractivity contribution in [3.63, 3.8) is 0 Å². The minimum atomic E-state index is -0.199. The Morgan fingerprint density at radius 1 is 0.889 bits per heavy atom. The van der Waals surface area contributed by atoms with E-state index in [2.05, 4.69) is 36.5 Å². The van der Waals surface area contributed by atoms with Gasteiger partial charge in [0, 0.05) is 12.5 Å². The van der Waals surface area contributed by atoms with E-state index < -0.39 is 0 Å². The van der Waals surface area contributed by atoms with Gasteiger partial charge in [-0.15, -0.1) is 0 Å². The highest BCUT2D eigenvalue weighted by Crippen LogP contribution is 2.13. The molecule has 0 saturated carbocycles. The van der Waals surface area contributed by atoms with Crippen LogP contribution in [0.5, 0.6) is 0 Å². The third kappa shape index (κ3) is 14.4. The Hall–Kier alpha value is -1.35. The number of nitrogens with two attached hydrogens (primary N) is 1. The molecule has 0 unspecified atom stereocenters. The number of hydrogen-bond acceptors (Lipinski definition) is 2. The number of nitrogens with one attached hydrogen (secondary N) is 1. The van der Waals surface area contributed by atoms with Crippen molar-refractivity contribution in [1.29, 1.82) is 0 Å². The molecule has 3 nitrogen and oxygen atoms in total. The Morgan fingerprint density at radius 2 is 1.44 bits per heavy atom. The summed E-state index contributed by atoms with van der Waals surface area (Å²) in [4.78, 5) is 11.3. The summed E-state index contributed by atoms with van der Waals surface area (Å²) in [5, 5.41) is 3.53. The first-order valence-corrected chi connectivity index (χ1v) is 11.3. The van der Waals surface area contributed by atoms with Gasteiger partial charge in [0.2, 0.25) is 5.91 Å². The van der Waals surface area contributed by atoms with Gasteiger partial charge in [0.25, 0.3) is 0 Å². The van der Waals surface area contributed by atoms with Crippen LogP contribution in [0.15, 0.2) is 30.3 Å². The first kappa shape index (κ1) is 23.7. The van der Waals surface area contributed by atoms with E-state index >= 15 is 0 Å². The van der Waals surface area contributed by atoms with E-state index in [1.54, 1.807) is 0 Å². The molecule has 0 saturated heterocycles. The number of carbonyl (C=O) groups is 1. The molecule has 3 heteroatoms. The SMILES string of the molecule is CCCCCCCCCCCCC[C@@H](CC(N)=O)NCCc1ccccc1. The lowest BCUT2D eigenvalue weighted by atomic mass is 10.0. The lowest BCUT2D eigenvalue weighted by molar-refractivity contribution is -0.118. The molecule has 1 amide bonds. The van der Waals surface area contributed by atoms with Gasteiger partial charge in [0.1, 0.15) is 0 Å². The van der Waals surface area contributed by atoms with Crippen molar-refractivity contribution >= 4 is 5.91 Å². The Kier molecular flexibility index (Phi) is 14.7. The van der Waals surface area contributed by atoms with Crippen molar-refractivity contribution in [2.75, 3.05) is 6.54 Å². The number of unbranched alkanes of at least 4 members (excludes halogenated alkanes) is 10. The van der Waals surface area contributed by atoms with Gasteiger partial charge in [-0.25, -0.2) is 0 Å². The standard InChI is InChI=1S/C24H42N2O/c1-2-3-4-5-6-7-8-9-10-11-15-18-23(21-24(25)27)26-20-19-22-16-13-12-14-17-22/h12-14,16-17,23,26H,2-11,15,18-21H2,1H3,(H2,25,27)/t23-/m0/s1. The molecular formula is C24H42N2O. The van der Waals surface area contributed by atoms with Crippen molar-refractivity contribution in [2.45, 2.75) is 103 Å². The minimum Gasteiger partial charge on any atom is -0.370 e. The highest BCUT2D eigenvalue weighted by atomic mass is 16.1. The largest absolute Gasteiger partial charge is 0.370 e. The van der Waals surface area contributed by atoms with Gasteiger partial charge < -0.3 is 11.1 Å². The van der Waals surface area contributed by atoms with Crippen molar-refractivity contribution in [3.05, 3.63) is 35.9 Å². The molecule has 3 N–H and O–H groups in total. The van der Waals surface area contributed by atoms with Gasteiger partial charge in [0.15, 0.2) is 0 Å². The fourth-order valence-corrected chi connectivity index (χ4v) is 3.64. The fraction of sp³-hybridized carbons (Fsp3) is 0.708. The van der Waals surface area contributed by atoms with E-state index in [4.69, 9.17) is 5.73 Å². The van der Waals surface area contributed by atoms with Crippen LogP contribution >= 0.6 is 0 Å². The normalized spacial score (nSPS) is 12.2. The van der Waals surface area contributed by atoms with Crippen LogP contribution in [0.1, 0.15) is 96.0 Å². The number of hydrogen-bond donors (Lipinski definition) is 2. The first-order chi connectivity index (χ1) is 13.2. The average molecular weight is 375 g/mol. The van der Waals surface area contributed by atoms with Crippen LogP contribution in [0, 0.1) is 0 Å². The lowest BCUT2D eigenvalue weighted by Gasteiger charge is -2.17. The monoisotopic (exact) mass is 374 g/mol. The highest BCUT2D eigenvalue weighted by Gasteiger charge is 2.11. The minimum absolute atomic E-state index is 0.199. The Balaban J connectivity index is 2.04. The molecule has 0 aliphatic heterocycles. The maximum absolute atomic E-state index is 11.3.